The van der Waals surface area contributed by atoms with Gasteiger partial charge >= 0.3 is 0 Å². The van der Waals surface area contributed by atoms with Gasteiger partial charge < -0.3 is 10.3 Å². The summed E-state index contributed by atoms with van der Waals surface area (Å²) in [7, 11) is 0. The van der Waals surface area contributed by atoms with E-state index in [4.69, 9.17) is 5.73 Å². The lowest BCUT2D eigenvalue weighted by molar-refractivity contribution is 0.806. The van der Waals surface area contributed by atoms with Gasteiger partial charge in [0.25, 0.3) is 0 Å². The molecule has 0 fully saturated rings. The van der Waals surface area contributed by atoms with Crippen LogP contribution < -0.4 is 5.73 Å². The molecule has 2 aromatic carbocycles. The number of aryl methyl sites for hydroxylation is 2. The normalized spacial score (nSPS) is 10.8. The standard InChI is InChI=1S/C18H19N3/c1-13-3-5-15(6-4-13)12-21-11-14(2)20-18(21)16-7-9-17(19)10-8-16/h3-11H,12,19H2,1-2H3. The quantitative estimate of drug-likeness (QED) is 0.740. The Morgan fingerprint density at radius 3 is 2.29 bits per heavy atom. The van der Waals surface area contributed by atoms with Gasteiger partial charge in [0.15, 0.2) is 0 Å². The van der Waals surface area contributed by atoms with E-state index in [1.54, 1.807) is 0 Å². The van der Waals surface area contributed by atoms with Crippen LogP contribution in [0, 0.1) is 13.8 Å². The molecule has 0 spiro atoms. The molecular weight excluding hydrogens is 258 g/mol. The van der Waals surface area contributed by atoms with Gasteiger partial charge in [-0.2, -0.15) is 0 Å². The first-order chi connectivity index (χ1) is 10.1. The highest BCUT2D eigenvalue weighted by atomic mass is 15.1. The summed E-state index contributed by atoms with van der Waals surface area (Å²) in [5.41, 5.74) is 11.2. The molecule has 0 radical (unpaired) electrons. The molecule has 3 aromatic rings. The molecule has 0 aliphatic rings. The van der Waals surface area contributed by atoms with Crippen molar-refractivity contribution >= 4 is 5.69 Å². The average Bonchev–Trinajstić information content (AvgIpc) is 2.83. The molecule has 0 unspecified atom stereocenters. The van der Waals surface area contributed by atoms with E-state index in [0.717, 1.165) is 29.3 Å². The summed E-state index contributed by atoms with van der Waals surface area (Å²) >= 11 is 0. The summed E-state index contributed by atoms with van der Waals surface area (Å²) < 4.78 is 2.19. The number of hydrogen-bond donors (Lipinski definition) is 1. The average molecular weight is 277 g/mol. The highest BCUT2D eigenvalue weighted by molar-refractivity contribution is 5.59. The van der Waals surface area contributed by atoms with E-state index in [0.29, 0.717) is 0 Å². The Morgan fingerprint density at radius 1 is 0.952 bits per heavy atom. The van der Waals surface area contributed by atoms with Crippen LogP contribution in [0.15, 0.2) is 54.7 Å². The first-order valence-corrected chi connectivity index (χ1v) is 7.07. The molecule has 3 rings (SSSR count). The second-order valence-electron chi connectivity index (χ2n) is 5.44. The van der Waals surface area contributed by atoms with Crippen molar-refractivity contribution in [1.82, 2.24) is 9.55 Å². The van der Waals surface area contributed by atoms with Crippen molar-refractivity contribution in [3.8, 4) is 11.4 Å². The summed E-state index contributed by atoms with van der Waals surface area (Å²) in [4.78, 5) is 4.65. The summed E-state index contributed by atoms with van der Waals surface area (Å²) in [6.45, 7) is 4.94. The fourth-order valence-electron chi connectivity index (χ4n) is 2.42. The highest BCUT2D eigenvalue weighted by Crippen LogP contribution is 2.21. The fraction of sp³-hybridized carbons (Fsp3) is 0.167. The Kier molecular flexibility index (Phi) is 3.48. The minimum absolute atomic E-state index is 0.770. The minimum Gasteiger partial charge on any atom is -0.399 e. The molecule has 0 amide bonds. The van der Waals surface area contributed by atoms with Gasteiger partial charge in [-0.25, -0.2) is 4.98 Å². The number of nitrogens with zero attached hydrogens (tertiary/aromatic N) is 2. The van der Waals surface area contributed by atoms with Crippen LogP contribution in [-0.2, 0) is 6.54 Å². The van der Waals surface area contributed by atoms with Crippen molar-refractivity contribution in [3.05, 3.63) is 71.5 Å². The van der Waals surface area contributed by atoms with Gasteiger partial charge in [0.05, 0.1) is 5.69 Å². The lowest BCUT2D eigenvalue weighted by Crippen LogP contribution is -2.01. The summed E-state index contributed by atoms with van der Waals surface area (Å²) in [5.74, 6) is 0.980. The summed E-state index contributed by atoms with van der Waals surface area (Å²) in [6, 6.07) is 16.5. The lowest BCUT2D eigenvalue weighted by Gasteiger charge is -2.08. The minimum atomic E-state index is 0.770. The molecule has 0 aliphatic carbocycles. The summed E-state index contributed by atoms with van der Waals surface area (Å²) in [6.07, 6.45) is 2.09. The number of anilines is 1. The molecule has 0 bridgehead atoms. The first kappa shape index (κ1) is 13.4. The Morgan fingerprint density at radius 2 is 1.62 bits per heavy atom. The maximum absolute atomic E-state index is 5.76. The number of benzene rings is 2. The molecule has 106 valence electrons. The largest absolute Gasteiger partial charge is 0.399 e. The topological polar surface area (TPSA) is 43.8 Å². The second-order valence-corrected chi connectivity index (χ2v) is 5.44. The molecule has 0 aliphatic heterocycles. The van der Waals surface area contributed by atoms with Gasteiger partial charge in [0.1, 0.15) is 5.82 Å². The molecule has 2 N–H and O–H groups in total. The van der Waals surface area contributed by atoms with Crippen LogP contribution in [0.2, 0.25) is 0 Å². The number of hydrogen-bond acceptors (Lipinski definition) is 2. The first-order valence-electron chi connectivity index (χ1n) is 7.07. The third-order valence-corrected chi connectivity index (χ3v) is 3.54. The van der Waals surface area contributed by atoms with Crippen LogP contribution in [0.25, 0.3) is 11.4 Å². The molecule has 1 heterocycles. The van der Waals surface area contributed by atoms with Crippen LogP contribution in [0.5, 0.6) is 0 Å². The monoisotopic (exact) mass is 277 g/mol. The SMILES string of the molecule is Cc1ccc(Cn2cc(C)nc2-c2ccc(N)cc2)cc1. The van der Waals surface area contributed by atoms with E-state index in [2.05, 4.69) is 46.9 Å². The number of nitrogen functional groups attached to an aromatic ring is 1. The summed E-state index contributed by atoms with van der Waals surface area (Å²) in [5, 5.41) is 0. The predicted octanol–water partition coefficient (Wildman–Crippen LogP) is 3.80. The number of imidazole rings is 1. The fourth-order valence-corrected chi connectivity index (χ4v) is 2.42. The zero-order valence-electron chi connectivity index (χ0n) is 12.4. The van der Waals surface area contributed by atoms with Crippen molar-refractivity contribution in [1.29, 1.82) is 0 Å². The molecule has 1 aromatic heterocycles. The maximum Gasteiger partial charge on any atom is 0.140 e. The Bertz CT molecular complexity index is 737. The Labute approximate surface area is 125 Å². The molecule has 0 saturated heterocycles. The second kappa shape index (κ2) is 5.44. The van der Waals surface area contributed by atoms with E-state index < -0.39 is 0 Å². The van der Waals surface area contributed by atoms with E-state index in [-0.39, 0.29) is 0 Å². The van der Waals surface area contributed by atoms with Crippen molar-refractivity contribution < 1.29 is 0 Å². The van der Waals surface area contributed by atoms with Gasteiger partial charge in [-0.15, -0.1) is 0 Å². The van der Waals surface area contributed by atoms with E-state index in [1.807, 2.05) is 31.2 Å². The highest BCUT2D eigenvalue weighted by Gasteiger charge is 2.08. The molecule has 3 nitrogen and oxygen atoms in total. The van der Waals surface area contributed by atoms with Crippen LogP contribution in [0.3, 0.4) is 0 Å². The zero-order chi connectivity index (χ0) is 14.8. The van der Waals surface area contributed by atoms with Gasteiger partial charge in [0.2, 0.25) is 0 Å². The van der Waals surface area contributed by atoms with E-state index in [9.17, 15) is 0 Å². The van der Waals surface area contributed by atoms with E-state index >= 15 is 0 Å². The van der Waals surface area contributed by atoms with Crippen LogP contribution >= 0.6 is 0 Å². The molecule has 3 heteroatoms. The lowest BCUT2D eigenvalue weighted by atomic mass is 10.1. The molecule has 21 heavy (non-hydrogen) atoms. The molecular formula is C18H19N3. The third kappa shape index (κ3) is 2.97. The number of rotatable bonds is 3. The van der Waals surface area contributed by atoms with Gasteiger partial charge in [-0.3, -0.25) is 0 Å². The number of nitrogens with two attached hydrogens (primary N) is 1. The van der Waals surface area contributed by atoms with Crippen LogP contribution in [0.1, 0.15) is 16.8 Å². The van der Waals surface area contributed by atoms with Gasteiger partial charge in [-0.05, 0) is 43.7 Å². The third-order valence-electron chi connectivity index (χ3n) is 3.54. The van der Waals surface area contributed by atoms with Crippen molar-refractivity contribution in [3.63, 3.8) is 0 Å². The van der Waals surface area contributed by atoms with Crippen LogP contribution in [0.4, 0.5) is 5.69 Å². The predicted molar refractivity (Wildman–Crippen MR) is 87.1 cm³/mol. The number of aromatic nitrogens is 2. The zero-order valence-corrected chi connectivity index (χ0v) is 12.4. The Balaban J connectivity index is 1.95. The van der Waals surface area contributed by atoms with Gasteiger partial charge in [0, 0.05) is 24.0 Å². The van der Waals surface area contributed by atoms with Crippen molar-refractivity contribution in [2.75, 3.05) is 5.73 Å². The molecule has 0 atom stereocenters. The Hall–Kier alpha value is -2.55. The smallest absolute Gasteiger partial charge is 0.140 e. The van der Waals surface area contributed by atoms with Crippen molar-refractivity contribution in [2.45, 2.75) is 20.4 Å². The van der Waals surface area contributed by atoms with E-state index in [1.165, 1.54) is 11.1 Å². The van der Waals surface area contributed by atoms with Crippen LogP contribution in [-0.4, -0.2) is 9.55 Å². The molecule has 0 saturated carbocycles. The van der Waals surface area contributed by atoms with Crippen molar-refractivity contribution in [2.24, 2.45) is 0 Å². The maximum atomic E-state index is 5.76. The van der Waals surface area contributed by atoms with Gasteiger partial charge in [-0.1, -0.05) is 29.8 Å².